The van der Waals surface area contributed by atoms with Crippen LogP contribution in [-0.4, -0.2) is 49.9 Å². The van der Waals surface area contributed by atoms with E-state index < -0.39 is 6.04 Å². The Morgan fingerprint density at radius 3 is 1.39 bits per heavy atom. The Morgan fingerprint density at radius 2 is 0.957 bits per heavy atom. The Labute approximate surface area is 288 Å². The zero-order valence-corrected chi connectivity index (χ0v) is 31.8. The SMILES string of the molecule is CCCCCCCCC=CCCCCCCCC(=O)NC(C(=O)NCCCCCCCCCCCCCCCC)C(C)CN(C)C. The summed E-state index contributed by atoms with van der Waals surface area (Å²) in [4.78, 5) is 28.0. The molecule has 0 aromatic carbocycles. The molecule has 2 N–H and O–H groups in total. The molecule has 5 nitrogen and oxygen atoms in total. The number of nitrogens with zero attached hydrogens (tertiary/aromatic N) is 1. The van der Waals surface area contributed by atoms with Gasteiger partial charge in [-0.3, -0.25) is 9.59 Å². The van der Waals surface area contributed by atoms with E-state index >= 15 is 0 Å². The maximum absolute atomic E-state index is 13.1. The summed E-state index contributed by atoms with van der Waals surface area (Å²) in [5, 5.41) is 6.22. The standard InChI is InChI=1S/C41H81N3O2/c1-6-8-10-12-14-16-18-20-22-23-25-27-29-31-33-35-39(45)43-40(38(3)37-44(4)5)41(46)42-36-34-32-30-28-26-24-21-19-17-15-13-11-9-7-2/h20,22,38,40H,6-19,21,23-37H2,1-5H3,(H,42,46)(H,43,45). The van der Waals surface area contributed by atoms with Crippen LogP contribution in [0.2, 0.25) is 0 Å². The molecule has 272 valence electrons. The summed E-state index contributed by atoms with van der Waals surface area (Å²) in [5.74, 6) is 0.0474. The van der Waals surface area contributed by atoms with Gasteiger partial charge in [-0.2, -0.15) is 0 Å². The van der Waals surface area contributed by atoms with Crippen LogP contribution in [0.3, 0.4) is 0 Å². The van der Waals surface area contributed by atoms with Crippen LogP contribution >= 0.6 is 0 Å². The second kappa shape index (κ2) is 35.0. The second-order valence-corrected chi connectivity index (χ2v) is 14.5. The van der Waals surface area contributed by atoms with Gasteiger partial charge in [0.2, 0.25) is 11.8 Å². The Bertz CT molecular complexity index is 693. The average molecular weight is 648 g/mol. The Morgan fingerprint density at radius 1 is 0.565 bits per heavy atom. The van der Waals surface area contributed by atoms with Gasteiger partial charge in [-0.05, 0) is 58.5 Å². The van der Waals surface area contributed by atoms with Crippen LogP contribution in [0.15, 0.2) is 12.2 Å². The lowest BCUT2D eigenvalue weighted by molar-refractivity contribution is -0.130. The molecule has 0 aromatic heterocycles. The van der Waals surface area contributed by atoms with E-state index in [-0.39, 0.29) is 17.7 Å². The number of carbonyl (C=O) groups is 2. The molecule has 2 atom stereocenters. The highest BCUT2D eigenvalue weighted by Gasteiger charge is 2.26. The minimum atomic E-state index is -0.468. The summed E-state index contributed by atoms with van der Waals surface area (Å²) in [7, 11) is 4.04. The Kier molecular flexibility index (Phi) is 33.9. The molecule has 0 aliphatic heterocycles. The van der Waals surface area contributed by atoms with Crippen LogP contribution in [0.1, 0.15) is 201 Å². The van der Waals surface area contributed by atoms with Crippen molar-refractivity contribution >= 4 is 11.8 Å². The summed E-state index contributed by atoms with van der Waals surface area (Å²) in [6, 6.07) is -0.468. The summed E-state index contributed by atoms with van der Waals surface area (Å²) in [5.41, 5.74) is 0. The fraction of sp³-hybridized carbons (Fsp3) is 0.902. The van der Waals surface area contributed by atoms with E-state index in [0.29, 0.717) is 13.0 Å². The van der Waals surface area contributed by atoms with E-state index in [4.69, 9.17) is 0 Å². The first-order valence-corrected chi connectivity index (χ1v) is 20.3. The van der Waals surface area contributed by atoms with Crippen molar-refractivity contribution in [1.29, 1.82) is 0 Å². The fourth-order valence-corrected chi connectivity index (χ4v) is 6.39. The average Bonchev–Trinajstić information content (AvgIpc) is 3.03. The number of unbranched alkanes of at least 4 members (excludes halogenated alkanes) is 24. The first-order chi connectivity index (χ1) is 22.4. The molecule has 2 amide bonds. The molecule has 0 rings (SSSR count). The maximum atomic E-state index is 13.1. The quantitative estimate of drug-likeness (QED) is 0.0531. The zero-order valence-electron chi connectivity index (χ0n) is 31.8. The van der Waals surface area contributed by atoms with Gasteiger partial charge in [-0.15, -0.1) is 0 Å². The smallest absolute Gasteiger partial charge is 0.242 e. The number of nitrogens with one attached hydrogen (secondary N) is 2. The number of allylic oxidation sites excluding steroid dienone is 2. The zero-order chi connectivity index (χ0) is 33.9. The molecule has 0 fully saturated rings. The van der Waals surface area contributed by atoms with Gasteiger partial charge in [0, 0.05) is 19.5 Å². The van der Waals surface area contributed by atoms with Crippen molar-refractivity contribution in [1.82, 2.24) is 15.5 Å². The van der Waals surface area contributed by atoms with Crippen LogP contribution in [0, 0.1) is 5.92 Å². The fourth-order valence-electron chi connectivity index (χ4n) is 6.39. The molecular weight excluding hydrogens is 566 g/mol. The minimum absolute atomic E-state index is 0.0138. The highest BCUT2D eigenvalue weighted by Crippen LogP contribution is 2.14. The Hall–Kier alpha value is -1.36. The van der Waals surface area contributed by atoms with E-state index in [1.807, 2.05) is 14.1 Å². The van der Waals surface area contributed by atoms with Gasteiger partial charge in [0.15, 0.2) is 0 Å². The normalized spacial score (nSPS) is 13.0. The molecule has 2 unspecified atom stereocenters. The molecule has 0 heterocycles. The third-order valence-corrected chi connectivity index (χ3v) is 9.32. The van der Waals surface area contributed by atoms with Crippen LogP contribution in [-0.2, 0) is 9.59 Å². The lowest BCUT2D eigenvalue weighted by Crippen LogP contribution is -2.52. The first-order valence-electron chi connectivity index (χ1n) is 20.3. The van der Waals surface area contributed by atoms with Crippen LogP contribution < -0.4 is 10.6 Å². The number of amides is 2. The van der Waals surface area contributed by atoms with Crippen molar-refractivity contribution in [2.75, 3.05) is 27.2 Å². The number of carbonyl (C=O) groups excluding carboxylic acids is 2. The van der Waals surface area contributed by atoms with Crippen molar-refractivity contribution in [2.45, 2.75) is 207 Å². The van der Waals surface area contributed by atoms with Gasteiger partial charge in [-0.1, -0.05) is 168 Å². The maximum Gasteiger partial charge on any atom is 0.242 e. The van der Waals surface area contributed by atoms with Gasteiger partial charge in [0.1, 0.15) is 6.04 Å². The van der Waals surface area contributed by atoms with Crippen molar-refractivity contribution in [3.8, 4) is 0 Å². The molecule has 0 saturated carbocycles. The highest BCUT2D eigenvalue weighted by molar-refractivity contribution is 5.87. The highest BCUT2D eigenvalue weighted by atomic mass is 16.2. The third kappa shape index (κ3) is 31.3. The van der Waals surface area contributed by atoms with Crippen LogP contribution in [0.4, 0.5) is 0 Å². The monoisotopic (exact) mass is 648 g/mol. The van der Waals surface area contributed by atoms with Crippen LogP contribution in [0.5, 0.6) is 0 Å². The van der Waals surface area contributed by atoms with Crippen molar-refractivity contribution in [3.63, 3.8) is 0 Å². The van der Waals surface area contributed by atoms with Gasteiger partial charge in [0.25, 0.3) is 0 Å². The topological polar surface area (TPSA) is 61.4 Å². The lowest BCUT2D eigenvalue weighted by Gasteiger charge is -2.26. The molecular formula is C41H81N3O2. The molecule has 0 aliphatic rings. The predicted octanol–water partition coefficient (Wildman–Crippen LogP) is 11.3. The molecule has 0 aromatic rings. The number of hydrogen-bond donors (Lipinski definition) is 2. The van der Waals surface area contributed by atoms with E-state index in [2.05, 4.69) is 48.5 Å². The van der Waals surface area contributed by atoms with Crippen molar-refractivity contribution in [2.24, 2.45) is 5.92 Å². The summed E-state index contributed by atoms with van der Waals surface area (Å²) in [6.45, 7) is 8.09. The van der Waals surface area contributed by atoms with Crippen molar-refractivity contribution < 1.29 is 9.59 Å². The van der Waals surface area contributed by atoms with Gasteiger partial charge >= 0.3 is 0 Å². The largest absolute Gasteiger partial charge is 0.354 e. The third-order valence-electron chi connectivity index (χ3n) is 9.32. The number of rotatable bonds is 35. The minimum Gasteiger partial charge on any atom is -0.354 e. The predicted molar refractivity (Wildman–Crippen MR) is 202 cm³/mol. The van der Waals surface area contributed by atoms with E-state index in [9.17, 15) is 9.59 Å². The summed E-state index contributed by atoms with van der Waals surface area (Å²) in [6.07, 6.45) is 40.1. The van der Waals surface area contributed by atoms with Crippen LogP contribution in [0.25, 0.3) is 0 Å². The first kappa shape index (κ1) is 44.6. The van der Waals surface area contributed by atoms with Gasteiger partial charge in [0.05, 0.1) is 0 Å². The molecule has 0 spiro atoms. The summed E-state index contributed by atoms with van der Waals surface area (Å²) < 4.78 is 0. The molecule has 5 heteroatoms. The molecule has 0 saturated heterocycles. The van der Waals surface area contributed by atoms with Gasteiger partial charge in [-0.25, -0.2) is 0 Å². The van der Waals surface area contributed by atoms with Crippen molar-refractivity contribution in [3.05, 3.63) is 12.2 Å². The number of hydrogen-bond acceptors (Lipinski definition) is 3. The molecule has 46 heavy (non-hydrogen) atoms. The lowest BCUT2D eigenvalue weighted by atomic mass is 9.99. The molecule has 0 aliphatic carbocycles. The Balaban J connectivity index is 3.99. The van der Waals surface area contributed by atoms with Gasteiger partial charge < -0.3 is 15.5 Å². The molecule has 0 bridgehead atoms. The van der Waals surface area contributed by atoms with E-state index in [1.54, 1.807) is 0 Å². The second-order valence-electron chi connectivity index (χ2n) is 14.5. The van der Waals surface area contributed by atoms with E-state index in [0.717, 1.165) is 32.2 Å². The van der Waals surface area contributed by atoms with E-state index in [1.165, 1.54) is 148 Å². The molecule has 0 radical (unpaired) electrons. The summed E-state index contributed by atoms with van der Waals surface area (Å²) >= 11 is 0.